The Balaban J connectivity index is 2.21. The summed E-state index contributed by atoms with van der Waals surface area (Å²) in [5.74, 6) is -2.49. The lowest BCUT2D eigenvalue weighted by atomic mass is 10.0. The summed E-state index contributed by atoms with van der Waals surface area (Å²) >= 11 is 0. The first-order valence-corrected chi connectivity index (χ1v) is 8.19. The van der Waals surface area contributed by atoms with E-state index in [1.165, 1.54) is 4.90 Å². The summed E-state index contributed by atoms with van der Waals surface area (Å²) in [6.45, 7) is 3.80. The molecule has 0 saturated heterocycles. The second-order valence-corrected chi connectivity index (χ2v) is 6.47. The molecule has 1 aliphatic rings. The van der Waals surface area contributed by atoms with Gasteiger partial charge in [-0.2, -0.15) is 0 Å². The number of carbonyl (C=O) groups excluding carboxylic acids is 3. The van der Waals surface area contributed by atoms with E-state index >= 15 is 0 Å². The van der Waals surface area contributed by atoms with Gasteiger partial charge in [-0.05, 0) is 24.5 Å². The second kappa shape index (κ2) is 7.46. The summed E-state index contributed by atoms with van der Waals surface area (Å²) in [5.41, 5.74) is 0.610. The lowest BCUT2D eigenvalue weighted by Gasteiger charge is -2.31. The van der Waals surface area contributed by atoms with Crippen molar-refractivity contribution in [2.45, 2.75) is 32.7 Å². The summed E-state index contributed by atoms with van der Waals surface area (Å²) in [4.78, 5) is 51.1. The van der Waals surface area contributed by atoms with Crippen molar-refractivity contribution in [3.63, 3.8) is 0 Å². The minimum Gasteiger partial charge on any atom is -0.481 e. The molecule has 1 aromatic rings. The highest BCUT2D eigenvalue weighted by Crippen LogP contribution is 2.27. The highest BCUT2D eigenvalue weighted by Gasteiger charge is 2.44. The zero-order valence-electron chi connectivity index (χ0n) is 14.6. The molecule has 0 saturated carbocycles. The number of hydrogen-bond acceptors (Lipinski definition) is 4. The molecule has 1 N–H and O–H groups in total. The summed E-state index contributed by atoms with van der Waals surface area (Å²) in [5, 5.41) is 8.70. The Morgan fingerprint density at radius 2 is 1.64 bits per heavy atom. The van der Waals surface area contributed by atoms with Crippen LogP contribution in [-0.2, 0) is 9.59 Å². The summed E-state index contributed by atoms with van der Waals surface area (Å²) in [7, 11) is 1.55. The number of carboxylic acids is 1. The number of fused-ring (bicyclic) bond motifs is 1. The summed E-state index contributed by atoms with van der Waals surface area (Å²) in [6.07, 6.45) is 0.265. The number of carboxylic acid groups (broad SMARTS) is 1. The number of imide groups is 1. The van der Waals surface area contributed by atoms with Crippen LogP contribution in [0.3, 0.4) is 0 Å². The average Bonchev–Trinajstić information content (AvgIpc) is 2.80. The Kier molecular flexibility index (Phi) is 5.56. The number of amides is 3. The monoisotopic (exact) mass is 346 g/mol. The zero-order valence-corrected chi connectivity index (χ0v) is 14.6. The van der Waals surface area contributed by atoms with Gasteiger partial charge in [0.15, 0.2) is 0 Å². The number of likely N-dealkylation sites (N-methyl/N-ethyl adjacent to an activating group) is 1. The SMILES string of the molecule is CC(C)C(C(=O)N(C)CCCC(=O)O)N1C(=O)c2ccccc2C1=O. The largest absolute Gasteiger partial charge is 0.481 e. The molecule has 7 nitrogen and oxygen atoms in total. The number of hydrogen-bond donors (Lipinski definition) is 1. The van der Waals surface area contributed by atoms with Gasteiger partial charge in [0.2, 0.25) is 5.91 Å². The Hall–Kier alpha value is -2.70. The van der Waals surface area contributed by atoms with Crippen LogP contribution in [0.5, 0.6) is 0 Å². The molecular weight excluding hydrogens is 324 g/mol. The van der Waals surface area contributed by atoms with Crippen LogP contribution in [0.1, 0.15) is 47.4 Å². The Labute approximate surface area is 146 Å². The molecule has 1 atom stereocenters. The van der Waals surface area contributed by atoms with E-state index in [2.05, 4.69) is 0 Å². The lowest BCUT2D eigenvalue weighted by molar-refractivity contribution is -0.139. The van der Waals surface area contributed by atoms with Crippen LogP contribution in [0.25, 0.3) is 0 Å². The van der Waals surface area contributed by atoms with Crippen molar-refractivity contribution in [2.75, 3.05) is 13.6 Å². The van der Waals surface area contributed by atoms with Gasteiger partial charge in [-0.25, -0.2) is 0 Å². The van der Waals surface area contributed by atoms with E-state index in [0.717, 1.165) is 4.90 Å². The second-order valence-electron chi connectivity index (χ2n) is 6.47. The molecule has 0 bridgehead atoms. The Bertz CT molecular complexity index is 678. The van der Waals surface area contributed by atoms with E-state index < -0.39 is 23.8 Å². The lowest BCUT2D eigenvalue weighted by Crippen LogP contribution is -2.52. The molecule has 0 fully saturated rings. The third kappa shape index (κ3) is 3.70. The Morgan fingerprint density at radius 3 is 2.08 bits per heavy atom. The molecule has 0 spiro atoms. The molecule has 134 valence electrons. The first-order chi connectivity index (χ1) is 11.8. The molecule has 1 unspecified atom stereocenters. The first kappa shape index (κ1) is 18.6. The maximum atomic E-state index is 12.8. The normalized spacial score (nSPS) is 14.6. The molecule has 1 aromatic carbocycles. The van der Waals surface area contributed by atoms with Crippen LogP contribution in [0.4, 0.5) is 0 Å². The molecule has 0 radical (unpaired) electrons. The topological polar surface area (TPSA) is 95.0 Å². The van der Waals surface area contributed by atoms with Crippen molar-refractivity contribution < 1.29 is 24.3 Å². The molecule has 1 aliphatic heterocycles. The van der Waals surface area contributed by atoms with Crippen molar-refractivity contribution in [3.8, 4) is 0 Å². The van der Waals surface area contributed by atoms with Gasteiger partial charge in [-0.15, -0.1) is 0 Å². The van der Waals surface area contributed by atoms with Crippen LogP contribution in [-0.4, -0.2) is 58.2 Å². The van der Waals surface area contributed by atoms with Gasteiger partial charge in [0.1, 0.15) is 6.04 Å². The molecule has 0 aromatic heterocycles. The van der Waals surface area contributed by atoms with Gasteiger partial charge in [0, 0.05) is 20.0 Å². The highest BCUT2D eigenvalue weighted by atomic mass is 16.4. The first-order valence-electron chi connectivity index (χ1n) is 8.19. The maximum absolute atomic E-state index is 12.8. The molecule has 3 amide bonds. The van der Waals surface area contributed by atoms with E-state index in [1.54, 1.807) is 45.2 Å². The molecule has 1 heterocycles. The molecule has 2 rings (SSSR count). The number of carbonyl (C=O) groups is 4. The number of rotatable bonds is 7. The molecule has 0 aliphatic carbocycles. The minimum absolute atomic E-state index is 0.0447. The number of nitrogens with zero attached hydrogens (tertiary/aromatic N) is 2. The minimum atomic E-state index is -0.929. The van der Waals surface area contributed by atoms with Crippen LogP contribution >= 0.6 is 0 Å². The third-order valence-electron chi connectivity index (χ3n) is 4.25. The van der Waals surface area contributed by atoms with Crippen LogP contribution < -0.4 is 0 Å². The van der Waals surface area contributed by atoms with Crippen LogP contribution in [0.2, 0.25) is 0 Å². The van der Waals surface area contributed by atoms with Gasteiger partial charge >= 0.3 is 5.97 Å². The number of benzene rings is 1. The maximum Gasteiger partial charge on any atom is 0.303 e. The van der Waals surface area contributed by atoms with Crippen LogP contribution in [0, 0.1) is 5.92 Å². The van der Waals surface area contributed by atoms with E-state index in [9.17, 15) is 19.2 Å². The standard InChI is InChI=1S/C18H22N2O5/c1-11(2)15(18(25)19(3)10-6-9-14(21)22)20-16(23)12-7-4-5-8-13(12)17(20)24/h4-5,7-8,11,15H,6,9-10H2,1-3H3,(H,21,22). The fraction of sp³-hybridized carbons (Fsp3) is 0.444. The van der Waals surface area contributed by atoms with Crippen molar-refractivity contribution in [1.82, 2.24) is 9.80 Å². The van der Waals surface area contributed by atoms with Crippen LogP contribution in [0.15, 0.2) is 24.3 Å². The molecule has 7 heteroatoms. The van der Waals surface area contributed by atoms with Crippen molar-refractivity contribution in [1.29, 1.82) is 0 Å². The van der Waals surface area contributed by atoms with Crippen molar-refractivity contribution in [3.05, 3.63) is 35.4 Å². The highest BCUT2D eigenvalue weighted by molar-refractivity contribution is 6.22. The zero-order chi connectivity index (χ0) is 18.7. The molecule has 25 heavy (non-hydrogen) atoms. The van der Waals surface area contributed by atoms with Gasteiger partial charge < -0.3 is 10.0 Å². The predicted octanol–water partition coefficient (Wildman–Crippen LogP) is 1.63. The van der Waals surface area contributed by atoms with Gasteiger partial charge in [-0.3, -0.25) is 24.1 Å². The van der Waals surface area contributed by atoms with Crippen molar-refractivity contribution in [2.24, 2.45) is 5.92 Å². The van der Waals surface area contributed by atoms with E-state index in [0.29, 0.717) is 17.5 Å². The fourth-order valence-electron chi connectivity index (χ4n) is 2.96. The van der Waals surface area contributed by atoms with Gasteiger partial charge in [-0.1, -0.05) is 26.0 Å². The fourth-order valence-corrected chi connectivity index (χ4v) is 2.96. The van der Waals surface area contributed by atoms with Gasteiger partial charge in [0.05, 0.1) is 11.1 Å². The van der Waals surface area contributed by atoms with E-state index in [1.807, 2.05) is 0 Å². The summed E-state index contributed by atoms with van der Waals surface area (Å²) in [6, 6.07) is 5.60. The van der Waals surface area contributed by atoms with Crippen molar-refractivity contribution >= 4 is 23.7 Å². The predicted molar refractivity (Wildman–Crippen MR) is 90.1 cm³/mol. The number of aliphatic carboxylic acids is 1. The quantitative estimate of drug-likeness (QED) is 0.757. The smallest absolute Gasteiger partial charge is 0.303 e. The van der Waals surface area contributed by atoms with E-state index in [4.69, 9.17) is 5.11 Å². The Morgan fingerprint density at radius 1 is 1.12 bits per heavy atom. The van der Waals surface area contributed by atoms with E-state index in [-0.39, 0.29) is 24.8 Å². The summed E-state index contributed by atoms with van der Waals surface area (Å²) < 4.78 is 0. The van der Waals surface area contributed by atoms with Gasteiger partial charge in [0.25, 0.3) is 11.8 Å². The molecular formula is C18H22N2O5. The third-order valence-corrected chi connectivity index (χ3v) is 4.25. The average molecular weight is 346 g/mol.